The summed E-state index contributed by atoms with van der Waals surface area (Å²) in [6.07, 6.45) is 3.60. The lowest BCUT2D eigenvalue weighted by atomic mass is 9.82. The smallest absolute Gasteiger partial charge is 0.193 e. The van der Waals surface area contributed by atoms with Gasteiger partial charge in [0.25, 0.3) is 0 Å². The van der Waals surface area contributed by atoms with Crippen molar-refractivity contribution >= 4 is 5.96 Å². The van der Waals surface area contributed by atoms with Crippen LogP contribution in [-0.4, -0.2) is 49.2 Å². The lowest BCUT2D eigenvalue weighted by Crippen LogP contribution is -2.41. The van der Waals surface area contributed by atoms with Crippen molar-refractivity contribution < 1.29 is 4.74 Å². The monoisotopic (exact) mass is 279 g/mol. The van der Waals surface area contributed by atoms with Gasteiger partial charge in [-0.1, -0.05) is 20.8 Å². The maximum atomic E-state index is 6.05. The summed E-state index contributed by atoms with van der Waals surface area (Å²) in [6.45, 7) is 13.0. The Hall–Kier alpha value is -0.770. The molecule has 0 spiro atoms. The molecule has 20 heavy (non-hydrogen) atoms. The van der Waals surface area contributed by atoms with E-state index in [0.29, 0.717) is 12.2 Å². The van der Waals surface area contributed by atoms with Crippen LogP contribution >= 0.6 is 0 Å². The summed E-state index contributed by atoms with van der Waals surface area (Å²) < 4.78 is 6.05. The number of ether oxygens (including phenoxy) is 1. The van der Waals surface area contributed by atoms with Crippen molar-refractivity contribution in [1.82, 2.24) is 10.2 Å². The first kappa shape index (κ1) is 14.2. The molecule has 3 saturated heterocycles. The molecule has 0 aromatic rings. The van der Waals surface area contributed by atoms with Gasteiger partial charge in [0.05, 0.1) is 12.2 Å². The van der Waals surface area contributed by atoms with E-state index in [1.807, 2.05) is 0 Å². The van der Waals surface area contributed by atoms with Gasteiger partial charge in [0, 0.05) is 38.0 Å². The molecule has 0 radical (unpaired) electrons. The molecule has 3 rings (SSSR count). The number of likely N-dealkylation sites (tertiary alicyclic amines) is 1. The van der Waals surface area contributed by atoms with Gasteiger partial charge in [-0.05, 0) is 25.2 Å². The minimum atomic E-state index is 0.248. The number of fused-ring (bicyclic) bond motifs is 5. The zero-order valence-electron chi connectivity index (χ0n) is 13.4. The number of guanidine groups is 1. The second-order valence-electron chi connectivity index (χ2n) is 7.75. The number of aliphatic imine (C=N–C) groups is 1. The molecule has 1 N–H and O–H groups in total. The molecule has 4 heteroatoms. The van der Waals surface area contributed by atoms with Crippen molar-refractivity contribution in [2.45, 2.75) is 52.7 Å². The Bertz CT molecular complexity index is 370. The van der Waals surface area contributed by atoms with Crippen LogP contribution in [0.25, 0.3) is 0 Å². The van der Waals surface area contributed by atoms with Gasteiger partial charge in [-0.25, -0.2) is 0 Å². The summed E-state index contributed by atoms with van der Waals surface area (Å²) in [6, 6.07) is 0. The Morgan fingerprint density at radius 3 is 2.30 bits per heavy atom. The highest BCUT2D eigenvalue weighted by atomic mass is 16.5. The molecule has 3 aliphatic rings. The van der Waals surface area contributed by atoms with Gasteiger partial charge in [0.15, 0.2) is 5.96 Å². The van der Waals surface area contributed by atoms with E-state index in [0.717, 1.165) is 44.0 Å². The molecule has 0 saturated carbocycles. The normalized spacial score (nSPS) is 36.6. The zero-order chi connectivity index (χ0) is 14.3. The standard InChI is InChI=1S/C16H29N3O/c1-5-17-15(18-10-16(2,3)4)19-8-11-12(9-19)14-7-6-13(11)20-14/h11-14H,5-10H2,1-4H3,(H,17,18). The topological polar surface area (TPSA) is 36.9 Å². The molecule has 114 valence electrons. The summed E-state index contributed by atoms with van der Waals surface area (Å²) >= 11 is 0. The van der Waals surface area contributed by atoms with Gasteiger partial charge in [-0.2, -0.15) is 0 Å². The average molecular weight is 279 g/mol. The lowest BCUT2D eigenvalue weighted by molar-refractivity contribution is 0.0767. The van der Waals surface area contributed by atoms with Crippen LogP contribution in [0.4, 0.5) is 0 Å². The van der Waals surface area contributed by atoms with Gasteiger partial charge in [-0.15, -0.1) is 0 Å². The van der Waals surface area contributed by atoms with E-state index >= 15 is 0 Å². The van der Waals surface area contributed by atoms with Crippen LogP contribution in [0.5, 0.6) is 0 Å². The molecule has 3 fully saturated rings. The maximum Gasteiger partial charge on any atom is 0.193 e. The molecular weight excluding hydrogens is 250 g/mol. The zero-order valence-corrected chi connectivity index (χ0v) is 13.4. The van der Waals surface area contributed by atoms with Gasteiger partial charge < -0.3 is 15.0 Å². The third-order valence-corrected chi connectivity index (χ3v) is 4.79. The molecule has 0 aromatic heterocycles. The van der Waals surface area contributed by atoms with Crippen LogP contribution in [-0.2, 0) is 4.74 Å². The Balaban J connectivity index is 1.67. The van der Waals surface area contributed by atoms with Crippen LogP contribution < -0.4 is 5.32 Å². The Morgan fingerprint density at radius 1 is 1.20 bits per heavy atom. The third-order valence-electron chi connectivity index (χ3n) is 4.79. The molecule has 2 bridgehead atoms. The van der Waals surface area contributed by atoms with E-state index in [1.54, 1.807) is 0 Å². The summed E-state index contributed by atoms with van der Waals surface area (Å²) in [5.74, 6) is 2.59. The average Bonchev–Trinajstić information content (AvgIpc) is 3.03. The number of hydrogen-bond acceptors (Lipinski definition) is 2. The first-order chi connectivity index (χ1) is 9.48. The van der Waals surface area contributed by atoms with Crippen LogP contribution in [0.1, 0.15) is 40.5 Å². The van der Waals surface area contributed by atoms with Crippen molar-refractivity contribution in [2.75, 3.05) is 26.2 Å². The van der Waals surface area contributed by atoms with Crippen LogP contribution in [0.2, 0.25) is 0 Å². The largest absolute Gasteiger partial charge is 0.374 e. The van der Waals surface area contributed by atoms with Crippen LogP contribution in [0, 0.1) is 17.3 Å². The summed E-state index contributed by atoms with van der Waals surface area (Å²) in [4.78, 5) is 7.33. The molecule has 0 aliphatic carbocycles. The van der Waals surface area contributed by atoms with E-state index in [9.17, 15) is 0 Å². The molecule has 0 amide bonds. The Labute approximate surface area is 123 Å². The molecule has 0 aromatic carbocycles. The van der Waals surface area contributed by atoms with Crippen molar-refractivity contribution in [3.63, 3.8) is 0 Å². The first-order valence-electron chi connectivity index (χ1n) is 8.16. The Kier molecular flexibility index (Phi) is 3.69. The predicted octanol–water partition coefficient (Wildman–Crippen LogP) is 2.11. The molecule has 4 atom stereocenters. The molecule has 3 heterocycles. The Morgan fingerprint density at radius 2 is 1.80 bits per heavy atom. The number of nitrogens with zero attached hydrogens (tertiary/aromatic N) is 2. The van der Waals surface area contributed by atoms with Crippen LogP contribution in [0.3, 0.4) is 0 Å². The fraction of sp³-hybridized carbons (Fsp3) is 0.938. The first-order valence-corrected chi connectivity index (χ1v) is 8.16. The van der Waals surface area contributed by atoms with Crippen LogP contribution in [0.15, 0.2) is 4.99 Å². The predicted molar refractivity (Wildman–Crippen MR) is 81.9 cm³/mol. The second kappa shape index (κ2) is 5.21. The fourth-order valence-electron chi connectivity index (χ4n) is 3.87. The second-order valence-corrected chi connectivity index (χ2v) is 7.75. The third kappa shape index (κ3) is 2.67. The van der Waals surface area contributed by atoms with Crippen molar-refractivity contribution in [1.29, 1.82) is 0 Å². The summed E-state index contributed by atoms with van der Waals surface area (Å²) in [5, 5.41) is 3.47. The van der Waals surface area contributed by atoms with E-state index in [-0.39, 0.29) is 5.41 Å². The minimum Gasteiger partial charge on any atom is -0.374 e. The van der Waals surface area contributed by atoms with E-state index in [4.69, 9.17) is 9.73 Å². The van der Waals surface area contributed by atoms with E-state index in [2.05, 4.69) is 37.9 Å². The molecule has 4 nitrogen and oxygen atoms in total. The molecule has 4 unspecified atom stereocenters. The van der Waals surface area contributed by atoms with Crippen molar-refractivity contribution in [2.24, 2.45) is 22.2 Å². The van der Waals surface area contributed by atoms with E-state index in [1.165, 1.54) is 12.8 Å². The summed E-state index contributed by atoms with van der Waals surface area (Å²) in [5.41, 5.74) is 0.248. The summed E-state index contributed by atoms with van der Waals surface area (Å²) in [7, 11) is 0. The maximum absolute atomic E-state index is 6.05. The highest BCUT2D eigenvalue weighted by Crippen LogP contribution is 2.47. The number of rotatable bonds is 2. The minimum absolute atomic E-state index is 0.248. The SMILES string of the molecule is CCNC(=NCC(C)(C)C)N1CC2C3CCC(O3)C2C1. The lowest BCUT2D eigenvalue weighted by Gasteiger charge is -2.25. The van der Waals surface area contributed by atoms with E-state index < -0.39 is 0 Å². The van der Waals surface area contributed by atoms with Gasteiger partial charge in [0.1, 0.15) is 0 Å². The van der Waals surface area contributed by atoms with Gasteiger partial charge in [-0.3, -0.25) is 4.99 Å². The van der Waals surface area contributed by atoms with Crippen molar-refractivity contribution in [3.05, 3.63) is 0 Å². The highest BCUT2D eigenvalue weighted by molar-refractivity contribution is 5.80. The van der Waals surface area contributed by atoms with Gasteiger partial charge in [0.2, 0.25) is 0 Å². The van der Waals surface area contributed by atoms with Crippen molar-refractivity contribution in [3.8, 4) is 0 Å². The molecule has 3 aliphatic heterocycles. The highest BCUT2D eigenvalue weighted by Gasteiger charge is 2.53. The number of hydrogen-bond donors (Lipinski definition) is 1. The fourth-order valence-corrected chi connectivity index (χ4v) is 3.87. The number of nitrogens with one attached hydrogen (secondary N) is 1. The quantitative estimate of drug-likeness (QED) is 0.621. The van der Waals surface area contributed by atoms with Gasteiger partial charge >= 0.3 is 0 Å². The molecular formula is C16H29N3O.